The van der Waals surface area contributed by atoms with Crippen LogP contribution in [0.2, 0.25) is 0 Å². The molecule has 16 heavy (non-hydrogen) atoms. The zero-order valence-corrected chi connectivity index (χ0v) is 11.3. The summed E-state index contributed by atoms with van der Waals surface area (Å²) in [6.45, 7) is 2.83. The summed E-state index contributed by atoms with van der Waals surface area (Å²) in [5.74, 6) is -0.195. The van der Waals surface area contributed by atoms with Crippen LogP contribution in [0.25, 0.3) is 0 Å². The fraction of sp³-hybridized carbons (Fsp3) is 0.400. The van der Waals surface area contributed by atoms with Gasteiger partial charge in [-0.25, -0.2) is 0 Å². The molecule has 0 saturated carbocycles. The van der Waals surface area contributed by atoms with Crippen molar-refractivity contribution in [2.45, 2.75) is 13.3 Å². The van der Waals surface area contributed by atoms with Crippen molar-refractivity contribution in [3.05, 3.63) is 20.8 Å². The highest BCUT2D eigenvalue weighted by atomic mass is 79.9. The Kier molecular flexibility index (Phi) is 5.48. The quantitative estimate of drug-likeness (QED) is 0.871. The van der Waals surface area contributed by atoms with Gasteiger partial charge in [0.1, 0.15) is 4.88 Å². The van der Waals surface area contributed by atoms with E-state index in [1.807, 2.05) is 18.4 Å². The fourth-order valence-electron chi connectivity index (χ4n) is 1.11. The minimum absolute atomic E-state index is 0.0481. The fourth-order valence-corrected chi connectivity index (χ4v) is 2.58. The van der Waals surface area contributed by atoms with E-state index in [1.54, 1.807) is 0 Å². The molecule has 0 radical (unpaired) electrons. The van der Waals surface area contributed by atoms with Crippen molar-refractivity contribution >= 4 is 39.1 Å². The van der Waals surface area contributed by atoms with Crippen LogP contribution in [0.3, 0.4) is 0 Å². The van der Waals surface area contributed by atoms with Crippen LogP contribution in [-0.2, 0) is 4.79 Å². The van der Waals surface area contributed by atoms with Crippen LogP contribution in [0.4, 0.5) is 0 Å². The normalized spacial score (nSPS) is 9.88. The maximum absolute atomic E-state index is 11.6. The lowest BCUT2D eigenvalue weighted by atomic mass is 10.3. The standard InChI is InChI=1S/C10H13BrN2O2S/c1-2-12-8(14)3-5-13-10(15)9-7(11)4-6-16-9/h4,6H,2-3,5H2,1H3,(H,12,14)(H,13,15). The summed E-state index contributed by atoms with van der Waals surface area (Å²) < 4.78 is 0.785. The van der Waals surface area contributed by atoms with E-state index < -0.39 is 0 Å². The van der Waals surface area contributed by atoms with E-state index in [1.165, 1.54) is 11.3 Å². The molecule has 4 nitrogen and oxygen atoms in total. The second kappa shape index (κ2) is 6.65. The van der Waals surface area contributed by atoms with Gasteiger partial charge in [0, 0.05) is 24.0 Å². The summed E-state index contributed by atoms with van der Waals surface area (Å²) in [5.41, 5.74) is 0. The first kappa shape index (κ1) is 13.2. The zero-order chi connectivity index (χ0) is 12.0. The molecule has 6 heteroatoms. The molecule has 0 atom stereocenters. The highest BCUT2D eigenvalue weighted by Crippen LogP contribution is 2.22. The Morgan fingerprint density at radius 1 is 1.44 bits per heavy atom. The van der Waals surface area contributed by atoms with E-state index in [0.29, 0.717) is 24.4 Å². The predicted molar refractivity (Wildman–Crippen MR) is 67.7 cm³/mol. The number of amides is 2. The molecular formula is C10H13BrN2O2S. The molecular weight excluding hydrogens is 292 g/mol. The SMILES string of the molecule is CCNC(=O)CCNC(=O)c1sccc1Br. The molecule has 0 bridgehead atoms. The molecule has 1 rings (SSSR count). The summed E-state index contributed by atoms with van der Waals surface area (Å²) in [6, 6.07) is 1.82. The summed E-state index contributed by atoms with van der Waals surface area (Å²) in [5, 5.41) is 7.20. The number of nitrogens with one attached hydrogen (secondary N) is 2. The zero-order valence-electron chi connectivity index (χ0n) is 8.88. The monoisotopic (exact) mass is 304 g/mol. The Morgan fingerprint density at radius 2 is 2.19 bits per heavy atom. The maximum atomic E-state index is 11.6. The smallest absolute Gasteiger partial charge is 0.262 e. The molecule has 1 heterocycles. The van der Waals surface area contributed by atoms with Gasteiger partial charge in [-0.15, -0.1) is 11.3 Å². The van der Waals surface area contributed by atoms with Crippen molar-refractivity contribution in [3.8, 4) is 0 Å². The van der Waals surface area contributed by atoms with Crippen molar-refractivity contribution in [3.63, 3.8) is 0 Å². The van der Waals surface area contributed by atoms with E-state index >= 15 is 0 Å². The second-order valence-corrected chi connectivity index (χ2v) is 4.83. The lowest BCUT2D eigenvalue weighted by Gasteiger charge is -2.04. The van der Waals surface area contributed by atoms with Crippen LogP contribution >= 0.6 is 27.3 Å². The Balaban J connectivity index is 2.31. The third-order valence-electron chi connectivity index (χ3n) is 1.83. The maximum Gasteiger partial charge on any atom is 0.262 e. The first-order valence-electron chi connectivity index (χ1n) is 4.93. The molecule has 0 spiro atoms. The van der Waals surface area contributed by atoms with E-state index in [2.05, 4.69) is 26.6 Å². The third-order valence-corrected chi connectivity index (χ3v) is 3.67. The summed E-state index contributed by atoms with van der Waals surface area (Å²) in [7, 11) is 0. The molecule has 88 valence electrons. The Bertz CT molecular complexity index is 379. The first-order chi connectivity index (χ1) is 7.65. The van der Waals surface area contributed by atoms with Gasteiger partial charge in [-0.1, -0.05) is 0 Å². The highest BCUT2D eigenvalue weighted by Gasteiger charge is 2.11. The van der Waals surface area contributed by atoms with Gasteiger partial charge in [0.05, 0.1) is 0 Å². The number of halogens is 1. The molecule has 1 aromatic heterocycles. The van der Waals surface area contributed by atoms with Gasteiger partial charge in [0.25, 0.3) is 5.91 Å². The van der Waals surface area contributed by atoms with Gasteiger partial charge in [0.2, 0.25) is 5.91 Å². The average molecular weight is 305 g/mol. The Hall–Kier alpha value is -0.880. The molecule has 2 N–H and O–H groups in total. The number of hydrogen-bond acceptors (Lipinski definition) is 3. The van der Waals surface area contributed by atoms with Crippen molar-refractivity contribution < 1.29 is 9.59 Å². The van der Waals surface area contributed by atoms with Crippen molar-refractivity contribution in [2.24, 2.45) is 0 Å². The van der Waals surface area contributed by atoms with Gasteiger partial charge < -0.3 is 10.6 Å². The molecule has 0 saturated heterocycles. The summed E-state index contributed by atoms with van der Waals surface area (Å²) in [4.78, 5) is 23.3. The Morgan fingerprint density at radius 3 is 2.75 bits per heavy atom. The summed E-state index contributed by atoms with van der Waals surface area (Å²) in [6.07, 6.45) is 0.308. The van der Waals surface area contributed by atoms with Crippen LogP contribution in [0.15, 0.2) is 15.9 Å². The molecule has 0 aliphatic heterocycles. The molecule has 1 aromatic rings. The number of thiophene rings is 1. The van der Waals surface area contributed by atoms with Crippen molar-refractivity contribution in [1.29, 1.82) is 0 Å². The van der Waals surface area contributed by atoms with E-state index in [0.717, 1.165) is 4.47 Å². The van der Waals surface area contributed by atoms with E-state index in [4.69, 9.17) is 0 Å². The number of carbonyl (C=O) groups excluding carboxylic acids is 2. The highest BCUT2D eigenvalue weighted by molar-refractivity contribution is 9.10. The van der Waals surface area contributed by atoms with Crippen molar-refractivity contribution in [2.75, 3.05) is 13.1 Å². The predicted octanol–water partition coefficient (Wildman–Crippen LogP) is 1.77. The second-order valence-electron chi connectivity index (χ2n) is 3.06. The number of rotatable bonds is 5. The van der Waals surface area contributed by atoms with Gasteiger partial charge in [-0.05, 0) is 34.3 Å². The number of carbonyl (C=O) groups is 2. The van der Waals surface area contributed by atoms with Gasteiger partial charge in [0.15, 0.2) is 0 Å². The third kappa shape index (κ3) is 3.94. The van der Waals surface area contributed by atoms with Crippen molar-refractivity contribution in [1.82, 2.24) is 10.6 Å². The molecule has 2 amide bonds. The van der Waals surface area contributed by atoms with Crippen LogP contribution < -0.4 is 10.6 Å². The minimum Gasteiger partial charge on any atom is -0.356 e. The van der Waals surface area contributed by atoms with Crippen LogP contribution in [0, 0.1) is 0 Å². The molecule has 0 unspecified atom stereocenters. The van der Waals surface area contributed by atoms with Crippen LogP contribution in [0.5, 0.6) is 0 Å². The van der Waals surface area contributed by atoms with E-state index in [-0.39, 0.29) is 11.8 Å². The van der Waals surface area contributed by atoms with Gasteiger partial charge >= 0.3 is 0 Å². The molecule has 0 fully saturated rings. The lowest BCUT2D eigenvalue weighted by molar-refractivity contribution is -0.120. The van der Waals surface area contributed by atoms with Crippen LogP contribution in [0.1, 0.15) is 23.0 Å². The van der Waals surface area contributed by atoms with Gasteiger partial charge in [-0.2, -0.15) is 0 Å². The summed E-state index contributed by atoms with van der Waals surface area (Å²) >= 11 is 4.65. The van der Waals surface area contributed by atoms with Gasteiger partial charge in [-0.3, -0.25) is 9.59 Å². The molecule has 0 aliphatic carbocycles. The lowest BCUT2D eigenvalue weighted by Crippen LogP contribution is -2.30. The number of hydrogen-bond donors (Lipinski definition) is 2. The van der Waals surface area contributed by atoms with E-state index in [9.17, 15) is 9.59 Å². The molecule has 0 aromatic carbocycles. The minimum atomic E-state index is -0.147. The van der Waals surface area contributed by atoms with Crippen LogP contribution in [-0.4, -0.2) is 24.9 Å². The largest absolute Gasteiger partial charge is 0.356 e. The Labute approximate surface area is 107 Å². The average Bonchev–Trinajstić information content (AvgIpc) is 2.64. The molecule has 0 aliphatic rings. The first-order valence-corrected chi connectivity index (χ1v) is 6.60. The topological polar surface area (TPSA) is 58.2 Å².